The van der Waals surface area contributed by atoms with Crippen LogP contribution in [0.1, 0.15) is 0 Å². The number of hydrogen-bond donors (Lipinski definition) is 2. The number of methoxy groups -OCH3 is 8. The molecule has 0 saturated carbocycles. The molecule has 0 saturated heterocycles. The molecule has 24 nitrogen and oxygen atoms in total. The lowest BCUT2D eigenvalue weighted by molar-refractivity contribution is 0.405. The number of hydrogen-bond acceptors (Lipinski definition) is 22. The van der Waals surface area contributed by atoms with Crippen molar-refractivity contribution in [1.29, 1.82) is 0 Å². The Kier molecular flexibility index (Phi) is 18.8. The fourth-order valence-electron chi connectivity index (χ4n) is 12.6. The highest BCUT2D eigenvalue weighted by Gasteiger charge is 2.30. The molecule has 15 aromatic rings. The highest BCUT2D eigenvalue weighted by Crippen LogP contribution is 2.50. The molecule has 0 spiro atoms. The summed E-state index contributed by atoms with van der Waals surface area (Å²) in [7, 11) is 12.8. The van der Waals surface area contributed by atoms with Crippen LogP contribution in [0.4, 0.5) is 0 Å². The average molecular weight is 1490 g/mol. The van der Waals surface area contributed by atoms with Crippen LogP contribution in [0.3, 0.4) is 0 Å². The number of ether oxygens (including phenoxy) is 16. The zero-order valence-electron chi connectivity index (χ0n) is 61.3. The molecule has 0 atom stereocenters. The fraction of sp³-hybridized carbons (Fsp3) is 0.0909. The molecule has 0 aliphatic carbocycles. The number of H-pyrrole nitrogens is 2. The van der Waals surface area contributed by atoms with Gasteiger partial charge in [-0.25, -0.2) is 29.9 Å². The molecule has 17 rings (SSSR count). The molecule has 24 heteroatoms. The molecule has 0 fully saturated rings. The van der Waals surface area contributed by atoms with Crippen molar-refractivity contribution in [1.82, 2.24) is 39.9 Å². The molecule has 0 radical (unpaired) electrons. The van der Waals surface area contributed by atoms with Crippen molar-refractivity contribution in [2.24, 2.45) is 0 Å². The first-order chi connectivity index (χ1) is 54.9. The van der Waals surface area contributed by atoms with Crippen LogP contribution in [-0.4, -0.2) is 96.8 Å². The summed E-state index contributed by atoms with van der Waals surface area (Å²) in [5.41, 5.74) is 3.13. The highest BCUT2D eigenvalue weighted by molar-refractivity contribution is 6.08. The summed E-state index contributed by atoms with van der Waals surface area (Å²) in [6.45, 7) is 0. The van der Waals surface area contributed by atoms with Crippen molar-refractivity contribution in [3.05, 3.63) is 243 Å². The van der Waals surface area contributed by atoms with Crippen molar-refractivity contribution in [3.8, 4) is 184 Å². The predicted molar refractivity (Wildman–Crippen MR) is 421 cm³/mol. The average Bonchev–Trinajstić information content (AvgIpc) is 1.59. The third-order valence-electron chi connectivity index (χ3n) is 18.4. The number of fused-ring (bicyclic) bond motifs is 20. The standard InChI is InChI=1S/C88H66N8O16/c1-97-49-9-25-57(26-10-49)105-73-41-65-66(42-74(73)106-58-27-11-50(98-2)12-28-58)82-89-81(65)93-83-67-43-75(107-59-29-13-51(99-3)14-30-59)76(108-60-31-15-52(100-4)16-32-60)44-68(67)85(90-83)95-87-71-47-79(111-63-37-21-55(103-7)22-38-63)80(112-64-39-23-56(104-8)24-40-64)48-72(71)88(92-87)96-86-70-46-78(110-62-35-19-54(102-6)20-36-62)77(45-69(70)84(91-86)94-82)109-61-33-17-53(101-5)18-34-61/h9-48H,1-8H3,(H2,89,90,91,92,93,94,95,96). The molecule has 12 aromatic carbocycles. The summed E-state index contributed by atoms with van der Waals surface area (Å²) < 4.78 is 99.2. The van der Waals surface area contributed by atoms with Gasteiger partial charge in [-0.2, -0.15) is 0 Å². The fourth-order valence-corrected chi connectivity index (χ4v) is 12.6. The van der Waals surface area contributed by atoms with Gasteiger partial charge in [0.2, 0.25) is 0 Å². The first-order valence-electron chi connectivity index (χ1n) is 35.0. The molecule has 2 aliphatic rings. The lowest BCUT2D eigenvalue weighted by Crippen LogP contribution is -1.94. The molecule has 0 amide bonds. The normalized spacial score (nSPS) is 11.2. The number of benzene rings is 12. The number of rotatable bonds is 24. The van der Waals surface area contributed by atoms with E-state index in [4.69, 9.17) is 106 Å². The van der Waals surface area contributed by atoms with Gasteiger partial charge in [0.25, 0.3) is 0 Å². The Morgan fingerprint density at radius 2 is 0.304 bits per heavy atom. The minimum atomic E-state index is 0.200. The van der Waals surface area contributed by atoms with Gasteiger partial charge in [0, 0.05) is 43.8 Å². The summed E-state index contributed by atoms with van der Waals surface area (Å²) >= 11 is 0. The second kappa shape index (κ2) is 30.2. The molecule has 2 aliphatic heterocycles. The maximum Gasteiger partial charge on any atom is 0.170 e. The molecule has 8 bridgehead atoms. The van der Waals surface area contributed by atoms with Gasteiger partial charge < -0.3 is 85.8 Å². The lowest BCUT2D eigenvalue weighted by atomic mass is 10.1. The minimum Gasteiger partial charge on any atom is -0.497 e. The summed E-state index contributed by atoms with van der Waals surface area (Å²) in [6, 6.07) is 72.3. The van der Waals surface area contributed by atoms with Gasteiger partial charge >= 0.3 is 0 Å². The van der Waals surface area contributed by atoms with E-state index in [0.29, 0.717) is 182 Å². The van der Waals surface area contributed by atoms with Crippen molar-refractivity contribution in [2.75, 3.05) is 56.9 Å². The van der Waals surface area contributed by atoms with Gasteiger partial charge in [0.1, 0.15) is 115 Å². The van der Waals surface area contributed by atoms with Crippen LogP contribution in [0.25, 0.3) is 89.7 Å². The maximum atomic E-state index is 6.84. The zero-order valence-corrected chi connectivity index (χ0v) is 61.3. The third-order valence-corrected chi connectivity index (χ3v) is 18.4. The van der Waals surface area contributed by atoms with Gasteiger partial charge in [-0.1, -0.05) is 0 Å². The lowest BCUT2D eigenvalue weighted by Gasteiger charge is -2.15. The zero-order chi connectivity index (χ0) is 76.3. The molecule has 2 N–H and O–H groups in total. The van der Waals surface area contributed by atoms with Crippen molar-refractivity contribution >= 4 is 44.1 Å². The number of nitrogens with zero attached hydrogens (tertiary/aromatic N) is 6. The van der Waals surface area contributed by atoms with Crippen molar-refractivity contribution in [3.63, 3.8) is 0 Å². The van der Waals surface area contributed by atoms with E-state index in [0.717, 1.165) is 0 Å². The second-order valence-corrected chi connectivity index (χ2v) is 25.2. The topological polar surface area (TPSA) is 257 Å². The quantitative estimate of drug-likeness (QED) is 0.0570. The largest absolute Gasteiger partial charge is 0.497 e. The van der Waals surface area contributed by atoms with Crippen molar-refractivity contribution in [2.45, 2.75) is 0 Å². The summed E-state index contributed by atoms with van der Waals surface area (Å²) in [6.07, 6.45) is 0. The van der Waals surface area contributed by atoms with Crippen LogP contribution in [0.15, 0.2) is 243 Å². The Bertz CT molecular complexity index is 5460. The molecule has 0 unspecified atom stereocenters. The molecule has 554 valence electrons. The third kappa shape index (κ3) is 14.4. The Morgan fingerprint density at radius 3 is 0.446 bits per heavy atom. The van der Waals surface area contributed by atoms with E-state index in [1.165, 1.54) is 0 Å². The van der Waals surface area contributed by atoms with Crippen LogP contribution in [-0.2, 0) is 0 Å². The van der Waals surface area contributed by atoms with Crippen LogP contribution in [0, 0.1) is 0 Å². The van der Waals surface area contributed by atoms with Gasteiger partial charge in [-0.15, -0.1) is 0 Å². The van der Waals surface area contributed by atoms with Crippen LogP contribution in [0.5, 0.6) is 138 Å². The first-order valence-corrected chi connectivity index (χ1v) is 35.0. The smallest absolute Gasteiger partial charge is 0.170 e. The Hall–Kier alpha value is -15.2. The minimum absolute atomic E-state index is 0.200. The molecular weight excluding hydrogens is 1430 g/mol. The van der Waals surface area contributed by atoms with Gasteiger partial charge in [-0.3, -0.25) is 0 Å². The Morgan fingerprint density at radius 1 is 0.170 bits per heavy atom. The maximum absolute atomic E-state index is 6.84. The van der Waals surface area contributed by atoms with Gasteiger partial charge in [0.05, 0.1) is 56.9 Å². The van der Waals surface area contributed by atoms with Crippen molar-refractivity contribution < 1.29 is 75.8 Å². The van der Waals surface area contributed by atoms with Crippen LogP contribution in [0.2, 0.25) is 0 Å². The SMILES string of the molecule is COc1ccc(Oc2cc3c(cc2Oc2ccc(OC)cc2)-c2nc-3nc3[nH]c(nc4nc(nc5[nH]c(n2)c2cc(Oc6ccc(OC)cc6)c(Oc6ccc(OC)cc6)cc52)-c2cc(Oc5ccc(OC)cc5)c(Oc5ccc(OC)cc5)cc2-4)c2cc(Oc4ccc(OC)cc4)c(Oc4ccc(OC)cc4)cc32)cc1. The summed E-state index contributed by atoms with van der Waals surface area (Å²) in [5, 5.41) is 2.09. The summed E-state index contributed by atoms with van der Waals surface area (Å²) in [5.74, 6) is 12.0. The van der Waals surface area contributed by atoms with Crippen LogP contribution < -0.4 is 75.8 Å². The van der Waals surface area contributed by atoms with E-state index in [-0.39, 0.29) is 45.9 Å². The van der Waals surface area contributed by atoms with E-state index >= 15 is 0 Å². The van der Waals surface area contributed by atoms with E-state index in [1.807, 2.05) is 48.5 Å². The summed E-state index contributed by atoms with van der Waals surface area (Å²) in [4.78, 5) is 40.2. The Labute approximate surface area is 639 Å². The van der Waals surface area contributed by atoms with E-state index in [1.54, 1.807) is 251 Å². The Balaban J connectivity index is 0.978. The van der Waals surface area contributed by atoms with E-state index in [2.05, 4.69) is 9.97 Å². The highest BCUT2D eigenvalue weighted by atomic mass is 16.5. The van der Waals surface area contributed by atoms with E-state index in [9.17, 15) is 0 Å². The molecule has 3 aromatic heterocycles. The van der Waals surface area contributed by atoms with Crippen LogP contribution >= 0.6 is 0 Å². The molecule has 112 heavy (non-hydrogen) atoms. The number of aromatic nitrogens is 8. The monoisotopic (exact) mass is 1490 g/mol. The van der Waals surface area contributed by atoms with E-state index < -0.39 is 0 Å². The predicted octanol–water partition coefficient (Wildman–Crippen LogP) is 21.3. The number of nitrogens with one attached hydrogen (secondary N) is 2. The molecule has 5 heterocycles. The molecular formula is C88H66N8O16. The van der Waals surface area contributed by atoms with Gasteiger partial charge in [-0.05, 0) is 243 Å². The first kappa shape index (κ1) is 69.8. The number of aromatic amines is 2. The second-order valence-electron chi connectivity index (χ2n) is 25.2. The van der Waals surface area contributed by atoms with Gasteiger partial charge in [0.15, 0.2) is 69.3 Å².